The van der Waals surface area contributed by atoms with Crippen molar-refractivity contribution < 1.29 is 0 Å². The molecule has 0 saturated heterocycles. The number of rotatable bonds is 7. The Hall–Kier alpha value is -9.90. The van der Waals surface area contributed by atoms with Gasteiger partial charge in [-0.1, -0.05) is 194 Å². The first-order valence-corrected chi connectivity index (χ1v) is 26.4. The van der Waals surface area contributed by atoms with Crippen LogP contribution in [0.25, 0.3) is 132 Å². The van der Waals surface area contributed by atoms with Gasteiger partial charge in [-0.3, -0.25) is 0 Å². The van der Waals surface area contributed by atoms with E-state index in [1.54, 1.807) is 0 Å². The molecule has 1 aliphatic carbocycles. The molecule has 0 amide bonds. The van der Waals surface area contributed by atoms with Gasteiger partial charge in [-0.25, -0.2) is 0 Å². The van der Waals surface area contributed by atoms with Crippen LogP contribution in [0.15, 0.2) is 273 Å². The topological polar surface area (TPSA) is 19.7 Å². The Morgan fingerprint density at radius 3 is 1.12 bits per heavy atom. The first-order valence-electron chi connectivity index (χ1n) is 26.4. The van der Waals surface area contributed by atoms with Gasteiger partial charge in [0.15, 0.2) is 0 Å². The summed E-state index contributed by atoms with van der Waals surface area (Å²) in [5.41, 5.74) is 20.4. The molecule has 11 aromatic carbocycles. The Kier molecular flexibility index (Phi) is 9.43. The van der Waals surface area contributed by atoms with E-state index in [1.807, 2.05) is 0 Å². The van der Waals surface area contributed by atoms with Gasteiger partial charge >= 0.3 is 0 Å². The molecule has 4 heterocycles. The second kappa shape index (κ2) is 16.8. The second-order valence-corrected chi connectivity index (χ2v) is 20.4. The summed E-state index contributed by atoms with van der Waals surface area (Å²) in [6.07, 6.45) is 8.15. The molecule has 4 aromatic heterocycles. The molecule has 0 N–H and O–H groups in total. The van der Waals surface area contributed by atoms with E-state index in [0.29, 0.717) is 0 Å². The number of benzene rings is 11. The molecule has 16 rings (SSSR count). The monoisotopic (exact) mass is 968 g/mol. The van der Waals surface area contributed by atoms with E-state index in [4.69, 9.17) is 0 Å². The molecule has 4 heteroatoms. The Labute approximate surface area is 439 Å². The zero-order valence-electron chi connectivity index (χ0n) is 41.6. The maximum Gasteiger partial charge on any atom is 0.0788 e. The molecule has 0 fully saturated rings. The molecule has 76 heavy (non-hydrogen) atoms. The maximum atomic E-state index is 2.54. The molecule has 356 valence electrons. The standard InChI is InChI=1S/C72H48N4/c1-5-17-47(18-6-1)51-33-43-67-63(45-51)61-41-39-59-57-25-13-15-27-65(57)73(53-21-9-3-10-22-53)69(59)71(61)75(67)55-35-29-49(30-36-55)50-31-37-56(38-32-50)76-68-44-34-52(48-19-7-2-8-20-48)46-64(68)62-42-40-60-58-26-14-16-28-66(58)74(70(60)72(62)76)54-23-11-4-12-24-54/h1-31,33-46,50H,32H2. The molecule has 15 aromatic rings. The summed E-state index contributed by atoms with van der Waals surface area (Å²) < 4.78 is 10.00. The van der Waals surface area contributed by atoms with Gasteiger partial charge in [0, 0.05) is 71.8 Å². The van der Waals surface area contributed by atoms with Crippen LogP contribution in [0.5, 0.6) is 0 Å². The van der Waals surface area contributed by atoms with E-state index in [1.165, 1.54) is 121 Å². The van der Waals surface area contributed by atoms with Crippen molar-refractivity contribution in [2.24, 2.45) is 0 Å². The zero-order chi connectivity index (χ0) is 49.8. The van der Waals surface area contributed by atoms with Crippen molar-refractivity contribution in [3.8, 4) is 39.3 Å². The number of hydrogen-bond acceptors (Lipinski definition) is 0. The molecule has 1 unspecified atom stereocenters. The molecular formula is C72H48N4. The number of nitrogens with zero attached hydrogens (tertiary/aromatic N) is 4. The van der Waals surface area contributed by atoms with E-state index in [2.05, 4.69) is 291 Å². The average molecular weight is 969 g/mol. The number of hydrogen-bond donors (Lipinski definition) is 0. The Balaban J connectivity index is 0.847. The molecule has 0 aliphatic heterocycles. The highest BCUT2D eigenvalue weighted by atomic mass is 15.1. The molecule has 0 spiro atoms. The average Bonchev–Trinajstić information content (AvgIpc) is 4.42. The molecule has 0 radical (unpaired) electrons. The van der Waals surface area contributed by atoms with E-state index < -0.39 is 0 Å². The smallest absolute Gasteiger partial charge is 0.0788 e. The summed E-state index contributed by atoms with van der Waals surface area (Å²) in [6.45, 7) is 0. The molecule has 0 bridgehead atoms. The lowest BCUT2D eigenvalue weighted by molar-refractivity contribution is 0.849. The van der Waals surface area contributed by atoms with Crippen LogP contribution in [0.1, 0.15) is 17.9 Å². The van der Waals surface area contributed by atoms with Gasteiger partial charge < -0.3 is 18.3 Å². The summed E-state index contributed by atoms with van der Waals surface area (Å²) in [7, 11) is 0. The van der Waals surface area contributed by atoms with Crippen LogP contribution >= 0.6 is 0 Å². The van der Waals surface area contributed by atoms with E-state index in [-0.39, 0.29) is 5.92 Å². The lowest BCUT2D eigenvalue weighted by atomic mass is 9.91. The minimum Gasteiger partial charge on any atom is -0.308 e. The number of aromatic nitrogens is 4. The lowest BCUT2D eigenvalue weighted by Gasteiger charge is -2.20. The molecular weight excluding hydrogens is 921 g/mol. The van der Waals surface area contributed by atoms with E-state index in [0.717, 1.165) is 23.5 Å². The lowest BCUT2D eigenvalue weighted by Crippen LogP contribution is -2.04. The van der Waals surface area contributed by atoms with Crippen LogP contribution in [0.4, 0.5) is 0 Å². The summed E-state index contributed by atoms with van der Waals surface area (Å²) >= 11 is 0. The fourth-order valence-corrected chi connectivity index (χ4v) is 12.8. The van der Waals surface area contributed by atoms with Crippen molar-refractivity contribution in [1.82, 2.24) is 18.3 Å². The minimum atomic E-state index is 0.213. The number of allylic oxidation sites excluding steroid dienone is 4. The fraction of sp³-hybridized carbons (Fsp3) is 0.0278. The van der Waals surface area contributed by atoms with Crippen molar-refractivity contribution >= 4 is 92.9 Å². The van der Waals surface area contributed by atoms with Crippen molar-refractivity contribution in [2.45, 2.75) is 12.3 Å². The third kappa shape index (κ3) is 6.37. The van der Waals surface area contributed by atoms with Gasteiger partial charge in [0.05, 0.1) is 44.1 Å². The van der Waals surface area contributed by atoms with Gasteiger partial charge in [0.25, 0.3) is 0 Å². The maximum absolute atomic E-state index is 2.54. The highest BCUT2D eigenvalue weighted by molar-refractivity contribution is 6.26. The van der Waals surface area contributed by atoms with Gasteiger partial charge in [0.1, 0.15) is 0 Å². The number of fused-ring (bicyclic) bond motifs is 14. The van der Waals surface area contributed by atoms with Gasteiger partial charge in [0.2, 0.25) is 0 Å². The first kappa shape index (κ1) is 42.6. The van der Waals surface area contributed by atoms with E-state index >= 15 is 0 Å². The van der Waals surface area contributed by atoms with Crippen molar-refractivity contribution in [2.75, 3.05) is 0 Å². The van der Waals surface area contributed by atoms with Crippen LogP contribution in [0, 0.1) is 0 Å². The SMILES string of the molecule is C1=CC(c2ccc(-n3c4ccc(-c5ccccc5)cc4c4ccc5c6ccccc6n(-c6ccccc6)c5c43)cc2)CC=C1n1c2ccc(-c3ccccc3)cc2c2ccc3c4ccccc4n(-c4ccccc4)c3c21. The quantitative estimate of drug-likeness (QED) is 0.152. The highest BCUT2D eigenvalue weighted by Crippen LogP contribution is 2.46. The van der Waals surface area contributed by atoms with Gasteiger partial charge in [-0.2, -0.15) is 0 Å². The van der Waals surface area contributed by atoms with Crippen molar-refractivity contribution in [3.05, 3.63) is 279 Å². The molecule has 1 aliphatic rings. The van der Waals surface area contributed by atoms with E-state index in [9.17, 15) is 0 Å². The fourth-order valence-electron chi connectivity index (χ4n) is 12.8. The zero-order valence-corrected chi connectivity index (χ0v) is 41.6. The van der Waals surface area contributed by atoms with Gasteiger partial charge in [-0.05, 0) is 113 Å². The van der Waals surface area contributed by atoms with Crippen LogP contribution < -0.4 is 0 Å². The Morgan fingerprint density at radius 1 is 0.276 bits per heavy atom. The molecule has 0 saturated carbocycles. The Morgan fingerprint density at radius 2 is 0.658 bits per heavy atom. The predicted molar refractivity (Wildman–Crippen MR) is 321 cm³/mol. The van der Waals surface area contributed by atoms with Crippen LogP contribution in [-0.4, -0.2) is 18.3 Å². The van der Waals surface area contributed by atoms with Crippen LogP contribution in [0.3, 0.4) is 0 Å². The Bertz CT molecular complexity index is 4860. The summed E-state index contributed by atoms with van der Waals surface area (Å²) in [4.78, 5) is 0. The molecule has 4 nitrogen and oxygen atoms in total. The normalized spacial score (nSPS) is 13.9. The predicted octanol–water partition coefficient (Wildman–Crippen LogP) is 19.0. The minimum absolute atomic E-state index is 0.213. The summed E-state index contributed by atoms with van der Waals surface area (Å²) in [5.74, 6) is 0.213. The number of para-hydroxylation sites is 4. The van der Waals surface area contributed by atoms with Crippen molar-refractivity contribution in [1.29, 1.82) is 0 Å². The third-order valence-electron chi connectivity index (χ3n) is 16.3. The highest BCUT2D eigenvalue weighted by Gasteiger charge is 2.25. The molecule has 1 atom stereocenters. The first-order chi connectivity index (χ1) is 37.7. The second-order valence-electron chi connectivity index (χ2n) is 20.4. The largest absolute Gasteiger partial charge is 0.308 e. The van der Waals surface area contributed by atoms with Crippen LogP contribution in [-0.2, 0) is 0 Å². The van der Waals surface area contributed by atoms with Crippen molar-refractivity contribution in [3.63, 3.8) is 0 Å². The summed E-state index contributed by atoms with van der Waals surface area (Å²) in [5, 5.41) is 9.96. The van der Waals surface area contributed by atoms with Gasteiger partial charge in [-0.15, -0.1) is 0 Å². The van der Waals surface area contributed by atoms with Crippen LogP contribution in [0.2, 0.25) is 0 Å². The third-order valence-corrected chi connectivity index (χ3v) is 16.3. The summed E-state index contributed by atoms with van der Waals surface area (Å²) in [6, 6.07) is 93.7.